The molecule has 1 saturated heterocycles. The van der Waals surface area contributed by atoms with Crippen molar-refractivity contribution in [1.29, 1.82) is 0 Å². The van der Waals surface area contributed by atoms with Crippen LogP contribution < -0.4 is 0 Å². The zero-order valence-corrected chi connectivity index (χ0v) is 15.6. The number of piperazine rings is 1. The van der Waals surface area contributed by atoms with Crippen molar-refractivity contribution >= 4 is 44.8 Å². The summed E-state index contributed by atoms with van der Waals surface area (Å²) in [5.74, 6) is 0.475. The van der Waals surface area contributed by atoms with Gasteiger partial charge in [-0.25, -0.2) is 0 Å². The Morgan fingerprint density at radius 2 is 1.64 bits per heavy atom. The molecular formula is C19H21ClN2O2S. The van der Waals surface area contributed by atoms with E-state index >= 15 is 0 Å². The van der Waals surface area contributed by atoms with E-state index in [1.54, 1.807) is 0 Å². The lowest BCUT2D eigenvalue weighted by atomic mass is 10.1. The van der Waals surface area contributed by atoms with Gasteiger partial charge in [0.1, 0.15) is 4.88 Å². The summed E-state index contributed by atoms with van der Waals surface area (Å²) in [6.07, 6.45) is 4.38. The molecule has 4 rings (SSSR count). The van der Waals surface area contributed by atoms with Crippen LogP contribution >= 0.6 is 22.9 Å². The Hall–Kier alpha value is -1.59. The lowest BCUT2D eigenvalue weighted by molar-refractivity contribution is -0.136. The van der Waals surface area contributed by atoms with Gasteiger partial charge in [-0.15, -0.1) is 11.3 Å². The summed E-state index contributed by atoms with van der Waals surface area (Å²) in [6.45, 7) is 2.43. The third kappa shape index (κ3) is 3.15. The van der Waals surface area contributed by atoms with Crippen LogP contribution in [0.1, 0.15) is 35.4 Å². The zero-order chi connectivity index (χ0) is 17.4. The maximum Gasteiger partial charge on any atom is 0.265 e. The van der Waals surface area contributed by atoms with Gasteiger partial charge in [0, 0.05) is 42.2 Å². The summed E-state index contributed by atoms with van der Waals surface area (Å²) in [6, 6.07) is 7.82. The fourth-order valence-corrected chi connectivity index (χ4v) is 5.34. The second-order valence-corrected chi connectivity index (χ2v) is 8.27. The fourth-order valence-electron chi connectivity index (χ4n) is 3.86. The number of rotatable bonds is 2. The standard InChI is InChI=1S/C19H21ClN2O2S/c20-16-14-7-3-4-8-15(14)25-17(16)19(24)22-11-9-21(10-12-22)18(23)13-5-1-2-6-13/h3-4,7-8,13H,1-2,5-6,9-12H2. The highest BCUT2D eigenvalue weighted by Gasteiger charge is 2.31. The largest absolute Gasteiger partial charge is 0.339 e. The number of fused-ring (bicyclic) bond motifs is 1. The van der Waals surface area contributed by atoms with Crippen molar-refractivity contribution in [3.05, 3.63) is 34.2 Å². The van der Waals surface area contributed by atoms with Crippen LogP contribution in [0.3, 0.4) is 0 Å². The van der Waals surface area contributed by atoms with E-state index in [0.717, 1.165) is 22.9 Å². The summed E-state index contributed by atoms with van der Waals surface area (Å²) in [4.78, 5) is 29.8. The second kappa shape index (κ2) is 6.96. The van der Waals surface area contributed by atoms with E-state index in [9.17, 15) is 9.59 Å². The third-order valence-electron chi connectivity index (χ3n) is 5.31. The molecule has 25 heavy (non-hydrogen) atoms. The van der Waals surface area contributed by atoms with Gasteiger partial charge in [-0.1, -0.05) is 42.6 Å². The van der Waals surface area contributed by atoms with E-state index in [0.29, 0.717) is 36.1 Å². The molecule has 2 heterocycles. The number of halogens is 1. The van der Waals surface area contributed by atoms with Crippen LogP contribution in [0, 0.1) is 5.92 Å². The molecule has 1 aliphatic carbocycles. The molecule has 0 N–H and O–H groups in total. The highest BCUT2D eigenvalue weighted by molar-refractivity contribution is 7.21. The number of nitrogens with zero attached hydrogens (tertiary/aromatic N) is 2. The number of amides is 2. The maximum absolute atomic E-state index is 12.9. The topological polar surface area (TPSA) is 40.6 Å². The van der Waals surface area contributed by atoms with Crippen molar-refractivity contribution in [3.63, 3.8) is 0 Å². The number of thiophene rings is 1. The highest BCUT2D eigenvalue weighted by Crippen LogP contribution is 2.36. The van der Waals surface area contributed by atoms with Crippen molar-refractivity contribution in [2.45, 2.75) is 25.7 Å². The molecule has 2 fully saturated rings. The minimum absolute atomic E-state index is 0.0147. The minimum Gasteiger partial charge on any atom is -0.339 e. The predicted molar refractivity (Wildman–Crippen MR) is 101 cm³/mol. The number of benzene rings is 1. The monoisotopic (exact) mass is 376 g/mol. The first kappa shape index (κ1) is 16.9. The van der Waals surface area contributed by atoms with E-state index in [1.165, 1.54) is 24.2 Å². The predicted octanol–water partition coefficient (Wildman–Crippen LogP) is 4.03. The molecule has 0 spiro atoms. The van der Waals surface area contributed by atoms with Crippen molar-refractivity contribution in [3.8, 4) is 0 Å². The summed E-state index contributed by atoms with van der Waals surface area (Å²) in [5, 5.41) is 1.49. The second-order valence-electron chi connectivity index (χ2n) is 6.84. The van der Waals surface area contributed by atoms with Crippen LogP contribution in [0.5, 0.6) is 0 Å². The van der Waals surface area contributed by atoms with Crippen LogP contribution in [-0.4, -0.2) is 47.8 Å². The molecule has 0 unspecified atom stereocenters. The molecule has 1 aromatic heterocycles. The van der Waals surface area contributed by atoms with Crippen molar-refractivity contribution in [2.24, 2.45) is 5.92 Å². The molecule has 2 amide bonds. The Bertz CT molecular complexity index is 805. The van der Waals surface area contributed by atoms with Gasteiger partial charge in [0.05, 0.1) is 5.02 Å². The summed E-state index contributed by atoms with van der Waals surface area (Å²) >= 11 is 7.88. The molecule has 2 aliphatic rings. The van der Waals surface area contributed by atoms with Gasteiger partial charge in [-0.05, 0) is 18.9 Å². The summed E-state index contributed by atoms with van der Waals surface area (Å²) < 4.78 is 1.03. The van der Waals surface area contributed by atoms with Gasteiger partial charge in [0.25, 0.3) is 5.91 Å². The molecule has 0 radical (unpaired) electrons. The van der Waals surface area contributed by atoms with Crippen molar-refractivity contribution in [2.75, 3.05) is 26.2 Å². The van der Waals surface area contributed by atoms with Crippen LogP contribution in [0.15, 0.2) is 24.3 Å². The van der Waals surface area contributed by atoms with E-state index < -0.39 is 0 Å². The van der Waals surface area contributed by atoms with Crippen LogP contribution in [0.25, 0.3) is 10.1 Å². The van der Waals surface area contributed by atoms with Gasteiger partial charge in [0.15, 0.2) is 0 Å². The molecule has 6 heteroatoms. The molecule has 1 aromatic carbocycles. The molecular weight excluding hydrogens is 356 g/mol. The summed E-state index contributed by atoms with van der Waals surface area (Å²) in [7, 11) is 0. The van der Waals surface area contributed by atoms with Crippen molar-refractivity contribution in [1.82, 2.24) is 9.80 Å². The van der Waals surface area contributed by atoms with E-state index in [1.807, 2.05) is 34.1 Å². The average Bonchev–Trinajstić information content (AvgIpc) is 3.30. The first-order valence-electron chi connectivity index (χ1n) is 8.90. The number of carbonyl (C=O) groups excluding carboxylic acids is 2. The van der Waals surface area contributed by atoms with Gasteiger partial charge in [-0.3, -0.25) is 9.59 Å². The van der Waals surface area contributed by atoms with Gasteiger partial charge >= 0.3 is 0 Å². The van der Waals surface area contributed by atoms with Gasteiger partial charge < -0.3 is 9.80 Å². The Kier molecular flexibility index (Phi) is 4.69. The molecule has 0 bridgehead atoms. The smallest absolute Gasteiger partial charge is 0.265 e. The van der Waals surface area contributed by atoms with Crippen LogP contribution in [0.4, 0.5) is 0 Å². The Morgan fingerprint density at radius 1 is 1.00 bits per heavy atom. The molecule has 132 valence electrons. The minimum atomic E-state index is -0.0147. The Balaban J connectivity index is 1.44. The average molecular weight is 377 g/mol. The fraction of sp³-hybridized carbons (Fsp3) is 0.474. The maximum atomic E-state index is 12.9. The first-order valence-corrected chi connectivity index (χ1v) is 10.1. The molecule has 4 nitrogen and oxygen atoms in total. The highest BCUT2D eigenvalue weighted by atomic mass is 35.5. The van der Waals surface area contributed by atoms with E-state index in [-0.39, 0.29) is 17.7 Å². The quantitative estimate of drug-likeness (QED) is 0.793. The number of carbonyl (C=O) groups is 2. The molecule has 2 aromatic rings. The number of hydrogen-bond acceptors (Lipinski definition) is 3. The van der Waals surface area contributed by atoms with E-state index in [2.05, 4.69) is 0 Å². The Labute approximate surface area is 156 Å². The van der Waals surface area contributed by atoms with Gasteiger partial charge in [-0.2, -0.15) is 0 Å². The third-order valence-corrected chi connectivity index (χ3v) is 6.98. The first-order chi connectivity index (χ1) is 12.1. The van der Waals surface area contributed by atoms with Crippen LogP contribution in [-0.2, 0) is 4.79 Å². The lowest BCUT2D eigenvalue weighted by Gasteiger charge is -2.35. The molecule has 1 aliphatic heterocycles. The van der Waals surface area contributed by atoms with E-state index in [4.69, 9.17) is 11.6 Å². The van der Waals surface area contributed by atoms with Gasteiger partial charge in [0.2, 0.25) is 5.91 Å². The van der Waals surface area contributed by atoms with Crippen LogP contribution in [0.2, 0.25) is 5.02 Å². The number of hydrogen-bond donors (Lipinski definition) is 0. The Morgan fingerprint density at radius 3 is 2.32 bits per heavy atom. The van der Waals surface area contributed by atoms with Crippen molar-refractivity contribution < 1.29 is 9.59 Å². The summed E-state index contributed by atoms with van der Waals surface area (Å²) in [5.41, 5.74) is 0. The normalized spacial score (nSPS) is 18.9. The molecule has 0 atom stereocenters. The zero-order valence-electron chi connectivity index (χ0n) is 14.0. The molecule has 1 saturated carbocycles. The lowest BCUT2D eigenvalue weighted by Crippen LogP contribution is -2.51. The SMILES string of the molecule is O=C(c1sc2ccccc2c1Cl)N1CCN(C(=O)C2CCCC2)CC1.